The molecule has 0 aromatic carbocycles. The molecule has 0 rings (SSSR count). The van der Waals surface area contributed by atoms with E-state index in [0.29, 0.717) is 16.2 Å². The molecule has 0 amide bonds. The fraction of sp³-hybridized carbons (Fsp3) is 0. The smallest absolute Gasteiger partial charge is 0 e. The van der Waals surface area contributed by atoms with E-state index in [0.717, 1.165) is 0 Å². The summed E-state index contributed by atoms with van der Waals surface area (Å²) in [5, 5.41) is 0. The summed E-state index contributed by atoms with van der Waals surface area (Å²) < 4.78 is 8.28. The number of hydrogen-bond acceptors (Lipinski definition) is 1. The van der Waals surface area contributed by atoms with Gasteiger partial charge in [0.2, 0.25) is 0 Å². The Labute approximate surface area is 120 Å². The van der Waals surface area contributed by atoms with Gasteiger partial charge in [0.15, 0.2) is 0 Å². The Morgan fingerprint density at radius 2 is 1.20 bits per heavy atom. The second kappa shape index (κ2) is 25.0. The monoisotopic (exact) mass is 413 g/mol. The van der Waals surface area contributed by atoms with Crippen molar-refractivity contribution in [1.82, 2.24) is 0 Å². The van der Waals surface area contributed by atoms with Gasteiger partial charge in [-0.25, -0.2) is 0 Å². The molecule has 1 radical (unpaired) electrons. The zero-order valence-electron chi connectivity index (χ0n) is 2.69. The third-order valence-electron chi connectivity index (χ3n) is 0. The Bertz CT molecular complexity index is 11.6. The van der Waals surface area contributed by atoms with E-state index in [4.69, 9.17) is 3.80 Å². The van der Waals surface area contributed by atoms with Gasteiger partial charge in [0.25, 0.3) is 0 Å². The molecule has 0 aliphatic rings. The molecule has 0 spiro atoms. The van der Waals surface area contributed by atoms with Crippen LogP contribution in [0.15, 0.2) is 0 Å². The van der Waals surface area contributed by atoms with Crippen LogP contribution in [0.5, 0.6) is 0 Å². The molecule has 0 aliphatic heterocycles. The molecule has 0 N–H and O–H groups in total. The Kier molecular flexibility index (Phi) is 116. The predicted molar refractivity (Wildman–Crippen MR) is 7.84 cm³/mol. The molecular formula is HAlCeLaOZr. The van der Waals surface area contributed by atoms with Gasteiger partial charge >= 0.3 is 20.0 Å². The summed E-state index contributed by atoms with van der Waals surface area (Å²) >= 11 is 0.611. The molecule has 0 atom stereocenters. The minimum atomic E-state index is 0. The Morgan fingerprint density at radius 1 is 1.20 bits per heavy atom. The zero-order chi connectivity index (χ0) is 2.00. The molecule has 0 fully saturated rings. The Morgan fingerprint density at radius 3 is 1.20 bits per heavy atom. The van der Waals surface area contributed by atoms with E-state index in [9.17, 15) is 0 Å². The van der Waals surface area contributed by atoms with Crippen LogP contribution in [-0.2, 0) is 30.0 Å². The summed E-state index contributed by atoms with van der Waals surface area (Å²) in [7, 11) is 0. The van der Waals surface area contributed by atoms with Crippen LogP contribution in [0.3, 0.4) is 0 Å². The maximum absolute atomic E-state index is 8.28. The van der Waals surface area contributed by atoms with E-state index in [-0.39, 0.29) is 104 Å². The summed E-state index contributed by atoms with van der Waals surface area (Å²) in [6.45, 7) is 0. The summed E-state index contributed by atoms with van der Waals surface area (Å²) in [4.78, 5) is 0. The fourth-order valence-corrected chi connectivity index (χ4v) is 0. The van der Waals surface area contributed by atoms with Crippen molar-refractivity contribution in [3.8, 4) is 0 Å². The molecule has 5 heteroatoms. The van der Waals surface area contributed by atoms with Gasteiger partial charge in [-0.2, -0.15) is 0 Å². The van der Waals surface area contributed by atoms with Gasteiger partial charge in [0.1, 0.15) is 0 Å². The summed E-state index contributed by atoms with van der Waals surface area (Å²) in [5.74, 6) is 0. The molecule has 0 saturated carbocycles. The van der Waals surface area contributed by atoms with Crippen molar-refractivity contribution >= 4 is 16.2 Å². The SMILES string of the molecule is [Ce].[La].[O]=[AlH].[Zr]. The maximum atomic E-state index is 8.28. The van der Waals surface area contributed by atoms with E-state index in [1.807, 2.05) is 0 Å². The molecule has 0 bridgehead atoms. The number of hydrogen-bond donors (Lipinski definition) is 0. The van der Waals surface area contributed by atoms with Crippen LogP contribution in [0.1, 0.15) is 0 Å². The Balaban J connectivity index is -0.00000000167. The normalized spacial score (nSPS) is 0.600. The van der Waals surface area contributed by atoms with Crippen LogP contribution in [0.4, 0.5) is 0 Å². The van der Waals surface area contributed by atoms with Gasteiger partial charge in [0, 0.05) is 104 Å². The first-order valence-corrected chi connectivity index (χ1v) is 0.866. The largest absolute Gasteiger partial charge is 0 e. The van der Waals surface area contributed by atoms with Crippen molar-refractivity contribution in [3.05, 3.63) is 0 Å². The predicted octanol–water partition coefficient (Wildman–Crippen LogP) is -0.770. The first-order chi connectivity index (χ1) is 1.00. The molecule has 5 heavy (non-hydrogen) atoms. The summed E-state index contributed by atoms with van der Waals surface area (Å²) in [6.07, 6.45) is 0. The standard InChI is InChI=1S/Al.Ce.La.O.Zr.H. The van der Waals surface area contributed by atoms with E-state index < -0.39 is 0 Å². The average Bonchev–Trinajstić information content (AvgIpc) is 1.00. The summed E-state index contributed by atoms with van der Waals surface area (Å²) in [6, 6.07) is 0. The molecule has 1 nitrogen and oxygen atoms in total. The molecular weight excluding hydrogens is 413 g/mol. The van der Waals surface area contributed by atoms with Crippen LogP contribution in [-0.4, -0.2) is 16.2 Å². The van der Waals surface area contributed by atoms with Gasteiger partial charge in [-0.3, -0.25) is 0 Å². The third kappa shape index (κ3) is 18.2. The van der Waals surface area contributed by atoms with Crippen molar-refractivity contribution in [2.75, 3.05) is 0 Å². The van der Waals surface area contributed by atoms with Crippen molar-refractivity contribution in [3.63, 3.8) is 0 Å². The van der Waals surface area contributed by atoms with Gasteiger partial charge in [-0.15, -0.1) is 0 Å². The maximum Gasteiger partial charge on any atom is 0 e. The van der Waals surface area contributed by atoms with Crippen molar-refractivity contribution < 1.29 is 107 Å². The van der Waals surface area contributed by atoms with Crippen molar-refractivity contribution in [2.45, 2.75) is 0 Å². The van der Waals surface area contributed by atoms with E-state index in [1.54, 1.807) is 0 Å². The van der Waals surface area contributed by atoms with Gasteiger partial charge in [-0.1, -0.05) is 0 Å². The number of rotatable bonds is 0. The van der Waals surface area contributed by atoms with Gasteiger partial charge < -0.3 is 0 Å². The molecule has 0 aromatic heterocycles. The van der Waals surface area contributed by atoms with Gasteiger partial charge in [-0.05, 0) is 0 Å². The zero-order valence-corrected chi connectivity index (χ0v) is 13.3. The Hall–Kier alpha value is 3.79. The average molecular weight is 414 g/mol. The molecule has 0 saturated heterocycles. The molecule has 0 heterocycles. The minimum Gasteiger partial charge on any atom is 0 e. The fourth-order valence-electron chi connectivity index (χ4n) is 0. The van der Waals surface area contributed by atoms with Crippen LogP contribution < -0.4 is 0 Å². The second-order valence-corrected chi connectivity index (χ2v) is 0. The molecule has 0 aliphatic carbocycles. The van der Waals surface area contributed by atoms with Crippen molar-refractivity contribution in [1.29, 1.82) is 0 Å². The second-order valence-electron chi connectivity index (χ2n) is 0. The van der Waals surface area contributed by atoms with E-state index in [2.05, 4.69) is 0 Å². The minimum absolute atomic E-state index is 0. The third-order valence-corrected chi connectivity index (χ3v) is 0. The van der Waals surface area contributed by atoms with E-state index >= 15 is 0 Å². The molecule has 0 aromatic rings. The van der Waals surface area contributed by atoms with Crippen LogP contribution in [0, 0.1) is 77.3 Å². The van der Waals surface area contributed by atoms with Crippen LogP contribution in [0.25, 0.3) is 0 Å². The topological polar surface area (TPSA) is 17.1 Å². The first-order valence-electron chi connectivity index (χ1n) is 0.289. The quantitative estimate of drug-likeness (QED) is 0.476. The molecule has 0 unspecified atom stereocenters. The van der Waals surface area contributed by atoms with Crippen LogP contribution >= 0.6 is 0 Å². The molecule has 21 valence electrons. The van der Waals surface area contributed by atoms with E-state index in [1.165, 1.54) is 0 Å². The van der Waals surface area contributed by atoms with Crippen LogP contribution in [0.2, 0.25) is 0 Å². The first kappa shape index (κ1) is 23.3. The summed E-state index contributed by atoms with van der Waals surface area (Å²) in [5.41, 5.74) is 0. The van der Waals surface area contributed by atoms with Gasteiger partial charge in [0.05, 0.1) is 0 Å². The van der Waals surface area contributed by atoms with Crippen molar-refractivity contribution in [2.24, 2.45) is 0 Å².